The van der Waals surface area contributed by atoms with Gasteiger partial charge >= 0.3 is 11.9 Å². The highest BCUT2D eigenvalue weighted by Gasteiger charge is 2.27. The number of esters is 2. The van der Waals surface area contributed by atoms with Gasteiger partial charge < -0.3 is 20.5 Å². The van der Waals surface area contributed by atoms with Crippen LogP contribution in [0.3, 0.4) is 0 Å². The second-order valence-corrected chi connectivity index (χ2v) is 3.26. The summed E-state index contributed by atoms with van der Waals surface area (Å²) in [6, 6.07) is -0.249. The van der Waals surface area contributed by atoms with E-state index in [2.05, 4.69) is 10.1 Å². The Morgan fingerprint density at radius 3 is 2.93 bits per heavy atom. The SMILES string of the molecule is COC(=O)/C=C1\NCC(C(C)N)OC1=O. The first-order chi connectivity index (χ1) is 7.04. The van der Waals surface area contributed by atoms with E-state index in [0.717, 1.165) is 6.08 Å². The number of nitrogens with one attached hydrogen (secondary N) is 1. The first kappa shape index (κ1) is 11.5. The van der Waals surface area contributed by atoms with Gasteiger partial charge in [0.25, 0.3) is 0 Å². The third-order valence-electron chi connectivity index (χ3n) is 2.02. The Hall–Kier alpha value is -1.56. The lowest BCUT2D eigenvalue weighted by Gasteiger charge is -2.27. The van der Waals surface area contributed by atoms with Crippen molar-refractivity contribution in [2.45, 2.75) is 19.1 Å². The molecular weight excluding hydrogens is 200 g/mol. The molecule has 1 rings (SSSR count). The Balaban J connectivity index is 2.64. The number of ether oxygens (including phenoxy) is 2. The molecule has 3 N–H and O–H groups in total. The third-order valence-corrected chi connectivity index (χ3v) is 2.02. The van der Waals surface area contributed by atoms with Crippen molar-refractivity contribution < 1.29 is 19.1 Å². The zero-order chi connectivity index (χ0) is 11.4. The van der Waals surface area contributed by atoms with Gasteiger partial charge in [0.1, 0.15) is 11.8 Å². The molecule has 0 spiro atoms. The number of cyclic esters (lactones) is 1. The maximum atomic E-state index is 11.3. The maximum absolute atomic E-state index is 11.3. The first-order valence-corrected chi connectivity index (χ1v) is 4.54. The minimum absolute atomic E-state index is 0.0961. The van der Waals surface area contributed by atoms with Gasteiger partial charge in [0.05, 0.1) is 19.7 Å². The average molecular weight is 214 g/mol. The lowest BCUT2D eigenvalue weighted by molar-refractivity contribution is -0.149. The minimum Gasteiger partial charge on any atom is -0.466 e. The van der Waals surface area contributed by atoms with E-state index in [4.69, 9.17) is 10.5 Å². The fourth-order valence-corrected chi connectivity index (χ4v) is 1.11. The lowest BCUT2D eigenvalue weighted by Crippen LogP contribution is -2.48. The van der Waals surface area contributed by atoms with Crippen LogP contribution in [0.5, 0.6) is 0 Å². The van der Waals surface area contributed by atoms with Crippen LogP contribution in [-0.4, -0.2) is 37.7 Å². The van der Waals surface area contributed by atoms with Crippen molar-refractivity contribution in [3.63, 3.8) is 0 Å². The molecule has 1 fully saturated rings. The smallest absolute Gasteiger partial charge is 0.355 e. The number of nitrogens with two attached hydrogens (primary N) is 1. The standard InChI is InChI=1S/C9H14N2O4/c1-5(10)7-4-11-6(9(13)15-7)3-8(12)14-2/h3,5,7,11H,4,10H2,1-2H3/b6-3-. The first-order valence-electron chi connectivity index (χ1n) is 4.54. The molecule has 1 aliphatic heterocycles. The van der Waals surface area contributed by atoms with E-state index in [0.29, 0.717) is 6.54 Å². The Kier molecular flexibility index (Phi) is 3.68. The summed E-state index contributed by atoms with van der Waals surface area (Å²) < 4.78 is 9.39. The second kappa shape index (κ2) is 4.79. The summed E-state index contributed by atoms with van der Waals surface area (Å²) in [7, 11) is 1.23. The van der Waals surface area contributed by atoms with Crippen LogP contribution in [0.25, 0.3) is 0 Å². The summed E-state index contributed by atoms with van der Waals surface area (Å²) in [5.74, 6) is -1.19. The molecule has 0 radical (unpaired) electrons. The van der Waals surface area contributed by atoms with Gasteiger partial charge in [0.2, 0.25) is 0 Å². The molecule has 2 atom stereocenters. The third kappa shape index (κ3) is 2.95. The van der Waals surface area contributed by atoms with Crippen LogP contribution >= 0.6 is 0 Å². The quantitative estimate of drug-likeness (QED) is 0.448. The predicted octanol–water partition coefficient (Wildman–Crippen LogP) is -1.09. The zero-order valence-corrected chi connectivity index (χ0v) is 8.65. The predicted molar refractivity (Wildman–Crippen MR) is 51.6 cm³/mol. The van der Waals surface area contributed by atoms with Gasteiger partial charge in [-0.15, -0.1) is 0 Å². The molecule has 0 aromatic rings. The highest BCUT2D eigenvalue weighted by Crippen LogP contribution is 2.08. The van der Waals surface area contributed by atoms with Crippen molar-refractivity contribution in [3.8, 4) is 0 Å². The van der Waals surface area contributed by atoms with Gasteiger partial charge in [-0.05, 0) is 6.92 Å². The monoisotopic (exact) mass is 214 g/mol. The molecule has 15 heavy (non-hydrogen) atoms. The molecule has 0 aliphatic carbocycles. The number of rotatable bonds is 2. The van der Waals surface area contributed by atoms with Gasteiger partial charge in [0.15, 0.2) is 0 Å². The molecule has 1 heterocycles. The van der Waals surface area contributed by atoms with Crippen LogP contribution < -0.4 is 11.1 Å². The Labute approximate surface area is 87.4 Å². The fourth-order valence-electron chi connectivity index (χ4n) is 1.11. The summed E-state index contributed by atoms with van der Waals surface area (Å²) in [5.41, 5.74) is 5.67. The Bertz CT molecular complexity index is 298. The van der Waals surface area contributed by atoms with E-state index in [1.807, 2.05) is 0 Å². The van der Waals surface area contributed by atoms with Crippen molar-refractivity contribution in [1.29, 1.82) is 0 Å². The van der Waals surface area contributed by atoms with E-state index in [1.165, 1.54) is 7.11 Å². The molecule has 0 amide bonds. The van der Waals surface area contributed by atoms with Crippen LogP contribution in [0.1, 0.15) is 6.92 Å². The normalized spacial score (nSPS) is 25.4. The van der Waals surface area contributed by atoms with Gasteiger partial charge in [-0.25, -0.2) is 9.59 Å². The maximum Gasteiger partial charge on any atom is 0.355 e. The molecule has 1 aliphatic rings. The van der Waals surface area contributed by atoms with Gasteiger partial charge in [-0.1, -0.05) is 0 Å². The van der Waals surface area contributed by atoms with Crippen LogP contribution in [-0.2, 0) is 19.1 Å². The Morgan fingerprint density at radius 2 is 2.47 bits per heavy atom. The minimum atomic E-state index is -0.603. The Morgan fingerprint density at radius 1 is 1.80 bits per heavy atom. The van der Waals surface area contributed by atoms with Crippen LogP contribution in [0, 0.1) is 0 Å². The van der Waals surface area contributed by atoms with Crippen molar-refractivity contribution in [3.05, 3.63) is 11.8 Å². The summed E-state index contributed by atoms with van der Waals surface area (Å²) >= 11 is 0. The summed E-state index contributed by atoms with van der Waals surface area (Å²) in [5, 5.41) is 2.77. The highest BCUT2D eigenvalue weighted by atomic mass is 16.5. The highest BCUT2D eigenvalue weighted by molar-refractivity contribution is 5.96. The number of hydrogen-bond acceptors (Lipinski definition) is 6. The van der Waals surface area contributed by atoms with E-state index >= 15 is 0 Å². The van der Waals surface area contributed by atoms with E-state index < -0.39 is 11.9 Å². The van der Waals surface area contributed by atoms with Crippen LogP contribution in [0.4, 0.5) is 0 Å². The summed E-state index contributed by atoms with van der Waals surface area (Å²) in [4.78, 5) is 22.2. The number of methoxy groups -OCH3 is 1. The van der Waals surface area contributed by atoms with Crippen molar-refractivity contribution in [2.24, 2.45) is 5.73 Å². The average Bonchev–Trinajstić information content (AvgIpc) is 2.20. The molecule has 0 aromatic heterocycles. The second-order valence-electron chi connectivity index (χ2n) is 3.26. The van der Waals surface area contributed by atoms with Crippen LogP contribution in [0.2, 0.25) is 0 Å². The molecule has 0 saturated carbocycles. The zero-order valence-electron chi connectivity index (χ0n) is 8.65. The number of morpholine rings is 1. The largest absolute Gasteiger partial charge is 0.466 e. The molecule has 6 heteroatoms. The number of carbonyl (C=O) groups excluding carboxylic acids is 2. The lowest BCUT2D eigenvalue weighted by atomic mass is 10.1. The summed E-state index contributed by atoms with van der Waals surface area (Å²) in [6.07, 6.45) is 0.687. The van der Waals surface area contributed by atoms with Crippen LogP contribution in [0.15, 0.2) is 11.8 Å². The van der Waals surface area contributed by atoms with Crippen molar-refractivity contribution in [2.75, 3.05) is 13.7 Å². The molecule has 0 aromatic carbocycles. The van der Waals surface area contributed by atoms with E-state index in [-0.39, 0.29) is 17.8 Å². The van der Waals surface area contributed by atoms with E-state index in [9.17, 15) is 9.59 Å². The van der Waals surface area contributed by atoms with Gasteiger partial charge in [0, 0.05) is 6.04 Å². The topological polar surface area (TPSA) is 90.7 Å². The molecule has 0 bridgehead atoms. The van der Waals surface area contributed by atoms with E-state index in [1.54, 1.807) is 6.92 Å². The van der Waals surface area contributed by atoms with Gasteiger partial charge in [-0.2, -0.15) is 0 Å². The molecule has 1 saturated heterocycles. The van der Waals surface area contributed by atoms with Gasteiger partial charge in [-0.3, -0.25) is 0 Å². The molecule has 2 unspecified atom stereocenters. The van der Waals surface area contributed by atoms with Crippen molar-refractivity contribution >= 4 is 11.9 Å². The number of carbonyl (C=O) groups is 2. The molecule has 84 valence electrons. The molecular formula is C9H14N2O4. The summed E-state index contributed by atoms with van der Waals surface area (Å²) in [6.45, 7) is 2.14. The fraction of sp³-hybridized carbons (Fsp3) is 0.556. The van der Waals surface area contributed by atoms with Crippen molar-refractivity contribution in [1.82, 2.24) is 5.32 Å². The number of hydrogen-bond donors (Lipinski definition) is 2. The molecule has 6 nitrogen and oxygen atoms in total.